The number of ether oxygens (including phenoxy) is 2. The number of aliphatic carboxylic acids is 1. The van der Waals surface area contributed by atoms with Crippen LogP contribution in [0.15, 0.2) is 52.9 Å². The molecule has 0 saturated carbocycles. The Morgan fingerprint density at radius 3 is 2.11 bits per heavy atom. The first-order valence-corrected chi connectivity index (χ1v) is 12.0. The summed E-state index contributed by atoms with van der Waals surface area (Å²) < 4.78 is 17.3. The first-order valence-electron chi connectivity index (χ1n) is 12.0. The summed E-state index contributed by atoms with van der Waals surface area (Å²) in [4.78, 5) is 30.9. The molecule has 2 amide bonds. The largest absolute Gasteiger partial charge is 0.497 e. The predicted octanol–water partition coefficient (Wildman–Crippen LogP) is 4.66. The second kappa shape index (κ2) is 10.5. The number of rotatable bonds is 7. The van der Waals surface area contributed by atoms with Crippen molar-refractivity contribution >= 4 is 12.0 Å². The number of aromatic nitrogens is 1. The van der Waals surface area contributed by atoms with E-state index >= 15 is 0 Å². The van der Waals surface area contributed by atoms with Gasteiger partial charge in [0.15, 0.2) is 5.76 Å². The number of methoxy groups -OCH3 is 1. The number of carboxylic acid groups (broad SMARTS) is 1. The molecule has 2 aromatic carbocycles. The molecule has 0 radical (unpaired) electrons. The number of carboxylic acids is 1. The molecule has 1 aromatic heterocycles. The van der Waals surface area contributed by atoms with E-state index in [-0.39, 0.29) is 37.9 Å². The highest BCUT2D eigenvalue weighted by molar-refractivity contribution is 5.83. The summed E-state index contributed by atoms with van der Waals surface area (Å²) >= 11 is 0. The molecule has 1 aliphatic rings. The second-order valence-corrected chi connectivity index (χ2v) is 9.30. The lowest BCUT2D eigenvalue weighted by Crippen LogP contribution is -2.51. The third-order valence-electron chi connectivity index (χ3n) is 6.46. The minimum Gasteiger partial charge on any atom is -0.497 e. The van der Waals surface area contributed by atoms with Crippen molar-refractivity contribution in [1.29, 1.82) is 0 Å². The van der Waals surface area contributed by atoms with Gasteiger partial charge in [0.25, 0.3) is 0 Å². The summed E-state index contributed by atoms with van der Waals surface area (Å²) in [6.07, 6.45) is 0.201. The highest BCUT2D eigenvalue weighted by atomic mass is 16.5. The fraction of sp³-hybridized carbons (Fsp3) is 0.370. The van der Waals surface area contributed by atoms with Gasteiger partial charge in [-0.1, -0.05) is 0 Å². The first-order chi connectivity index (χ1) is 17.6. The van der Waals surface area contributed by atoms with Gasteiger partial charge >= 0.3 is 12.0 Å². The van der Waals surface area contributed by atoms with Crippen molar-refractivity contribution in [3.63, 3.8) is 0 Å². The fourth-order valence-electron chi connectivity index (χ4n) is 4.43. The molecular formula is C27H31N3O7. The third kappa shape index (κ3) is 5.24. The number of piperidine rings is 1. The van der Waals surface area contributed by atoms with Crippen LogP contribution in [0.5, 0.6) is 11.5 Å². The maximum atomic E-state index is 12.6. The number of nitrogens with zero attached hydrogens (tertiary/aromatic N) is 3. The normalized spacial score (nSPS) is 14.9. The van der Waals surface area contributed by atoms with Crippen LogP contribution in [0, 0.1) is 0 Å². The number of carbonyl (C=O) groups is 2. The lowest BCUT2D eigenvalue weighted by Gasteiger charge is -2.37. The van der Waals surface area contributed by atoms with Crippen LogP contribution in [0.3, 0.4) is 0 Å². The Bertz CT molecular complexity index is 1240. The van der Waals surface area contributed by atoms with Crippen molar-refractivity contribution < 1.29 is 33.8 Å². The summed E-state index contributed by atoms with van der Waals surface area (Å²) in [6, 6.07) is 14.1. The maximum Gasteiger partial charge on any atom is 0.343 e. The SMILES string of the molecule is COc1ccc(-c2nc(C3(C(=O)O)CCN(C(=O)N(C)O)CC3)oc2-c2ccc(OC(C)C)cc2)cc1. The lowest BCUT2D eigenvalue weighted by molar-refractivity contribution is -0.147. The van der Waals surface area contributed by atoms with Crippen LogP contribution in [0.4, 0.5) is 4.79 Å². The van der Waals surface area contributed by atoms with Crippen LogP contribution >= 0.6 is 0 Å². The molecule has 0 aliphatic carbocycles. The summed E-state index contributed by atoms with van der Waals surface area (Å²) in [7, 11) is 2.82. The number of benzene rings is 2. The van der Waals surface area contributed by atoms with Gasteiger partial charge in [-0.25, -0.2) is 14.8 Å². The standard InChI is InChI=1S/C27H31N3O7/c1-17(2)36-21-11-7-19(8-12-21)23-22(18-5-9-20(35-4)10-6-18)28-24(37-23)27(25(31)32)13-15-30(16-14-27)26(33)29(3)34/h5-12,17,34H,13-16H2,1-4H3,(H,31,32). The minimum absolute atomic E-state index is 0.0244. The average Bonchev–Trinajstić information content (AvgIpc) is 3.34. The van der Waals surface area contributed by atoms with Crippen LogP contribution in [0.2, 0.25) is 0 Å². The van der Waals surface area contributed by atoms with Crippen LogP contribution in [-0.2, 0) is 10.2 Å². The van der Waals surface area contributed by atoms with Crippen LogP contribution in [-0.4, -0.2) is 70.6 Å². The Morgan fingerprint density at radius 2 is 1.59 bits per heavy atom. The molecule has 0 atom stereocenters. The van der Waals surface area contributed by atoms with Crippen LogP contribution in [0.1, 0.15) is 32.6 Å². The Morgan fingerprint density at radius 1 is 1.03 bits per heavy atom. The highest BCUT2D eigenvalue weighted by Gasteiger charge is 2.49. The van der Waals surface area contributed by atoms with Gasteiger partial charge in [-0.3, -0.25) is 10.0 Å². The Balaban J connectivity index is 1.76. The predicted molar refractivity (Wildman–Crippen MR) is 135 cm³/mol. The molecule has 37 heavy (non-hydrogen) atoms. The van der Waals surface area contributed by atoms with E-state index in [1.807, 2.05) is 50.2 Å². The molecule has 1 fully saturated rings. The van der Waals surface area contributed by atoms with Gasteiger partial charge in [0.2, 0.25) is 5.89 Å². The van der Waals surface area contributed by atoms with Gasteiger partial charge in [0.1, 0.15) is 22.6 Å². The molecule has 0 unspecified atom stereocenters. The molecule has 0 bridgehead atoms. The van der Waals surface area contributed by atoms with Crippen LogP contribution < -0.4 is 9.47 Å². The van der Waals surface area contributed by atoms with Gasteiger partial charge in [-0.2, -0.15) is 0 Å². The maximum absolute atomic E-state index is 12.6. The van der Waals surface area contributed by atoms with Crippen molar-refractivity contribution in [3.05, 3.63) is 54.4 Å². The number of carbonyl (C=O) groups excluding carboxylic acids is 1. The van der Waals surface area contributed by atoms with E-state index in [0.29, 0.717) is 28.0 Å². The van der Waals surface area contributed by atoms with Crippen LogP contribution in [0.25, 0.3) is 22.6 Å². The molecule has 1 saturated heterocycles. The zero-order valence-corrected chi connectivity index (χ0v) is 21.3. The molecule has 4 rings (SSSR count). The molecule has 2 heterocycles. The minimum atomic E-state index is -1.43. The van der Waals surface area contributed by atoms with Gasteiger partial charge in [0.05, 0.1) is 13.2 Å². The molecule has 0 spiro atoms. The first kappa shape index (κ1) is 26.0. The van der Waals surface area contributed by atoms with Gasteiger partial charge < -0.3 is 23.9 Å². The lowest BCUT2D eigenvalue weighted by atomic mass is 9.78. The fourth-order valence-corrected chi connectivity index (χ4v) is 4.43. The number of likely N-dealkylation sites (tertiary alicyclic amines) is 1. The van der Waals surface area contributed by atoms with Crippen molar-refractivity contribution in [2.45, 2.75) is 38.2 Å². The van der Waals surface area contributed by atoms with E-state index in [0.717, 1.165) is 11.1 Å². The zero-order valence-electron chi connectivity index (χ0n) is 21.3. The van der Waals surface area contributed by atoms with E-state index in [1.54, 1.807) is 19.2 Å². The number of oxazole rings is 1. The number of hydrogen-bond acceptors (Lipinski definition) is 7. The van der Waals surface area contributed by atoms with E-state index in [9.17, 15) is 19.9 Å². The molecule has 1 aliphatic heterocycles. The molecule has 10 heteroatoms. The van der Waals surface area contributed by atoms with E-state index in [2.05, 4.69) is 0 Å². The number of hydroxylamine groups is 2. The van der Waals surface area contributed by atoms with E-state index in [4.69, 9.17) is 18.9 Å². The number of hydrogen-bond donors (Lipinski definition) is 2. The van der Waals surface area contributed by atoms with E-state index in [1.165, 1.54) is 11.9 Å². The molecular weight excluding hydrogens is 478 g/mol. The summed E-state index contributed by atoms with van der Waals surface area (Å²) in [5.41, 5.74) is 0.536. The summed E-state index contributed by atoms with van der Waals surface area (Å²) in [6.45, 7) is 4.15. The zero-order chi connectivity index (χ0) is 26.7. The van der Waals surface area contributed by atoms with Gasteiger partial charge in [0, 0.05) is 31.3 Å². The third-order valence-corrected chi connectivity index (χ3v) is 6.46. The quantitative estimate of drug-likeness (QED) is 0.348. The summed E-state index contributed by atoms with van der Waals surface area (Å²) in [5, 5.41) is 20.3. The monoisotopic (exact) mass is 509 g/mol. The Hall–Kier alpha value is -4.05. The van der Waals surface area contributed by atoms with Gasteiger partial charge in [-0.05, 0) is 75.2 Å². The molecule has 196 valence electrons. The molecule has 2 N–H and O–H groups in total. The highest BCUT2D eigenvalue weighted by Crippen LogP contribution is 2.42. The smallest absolute Gasteiger partial charge is 0.343 e. The van der Waals surface area contributed by atoms with Gasteiger partial charge in [-0.15, -0.1) is 0 Å². The van der Waals surface area contributed by atoms with Crippen molar-refractivity contribution in [2.24, 2.45) is 0 Å². The second-order valence-electron chi connectivity index (χ2n) is 9.30. The molecule has 3 aromatic rings. The topological polar surface area (TPSA) is 126 Å². The molecule has 10 nitrogen and oxygen atoms in total. The van der Waals surface area contributed by atoms with E-state index < -0.39 is 17.4 Å². The number of urea groups is 1. The van der Waals surface area contributed by atoms with Crippen molar-refractivity contribution in [3.8, 4) is 34.1 Å². The Kier molecular flexibility index (Phi) is 7.40. The van der Waals surface area contributed by atoms with Crippen molar-refractivity contribution in [1.82, 2.24) is 14.9 Å². The average molecular weight is 510 g/mol. The van der Waals surface area contributed by atoms with Crippen molar-refractivity contribution in [2.75, 3.05) is 27.2 Å². The number of amides is 2. The summed E-state index contributed by atoms with van der Waals surface area (Å²) in [5.74, 6) is 0.819. The Labute approximate surface area is 215 Å².